The Hall–Kier alpha value is -1.88. The smallest absolute Gasteiger partial charge is 0.308 e. The molecule has 134 valence electrons. The fraction of sp³-hybridized carbons (Fsp3) is 0.579. The van der Waals surface area contributed by atoms with Crippen LogP contribution in [0.15, 0.2) is 24.3 Å². The fourth-order valence-electron chi connectivity index (χ4n) is 2.29. The molecule has 0 bridgehead atoms. The molecule has 0 spiro atoms. The summed E-state index contributed by atoms with van der Waals surface area (Å²) >= 11 is 0. The highest BCUT2D eigenvalue weighted by molar-refractivity contribution is 5.81. The van der Waals surface area contributed by atoms with Crippen LogP contribution in [-0.2, 0) is 20.7 Å². The molecule has 1 amide bonds. The van der Waals surface area contributed by atoms with Crippen molar-refractivity contribution in [3.63, 3.8) is 0 Å². The highest BCUT2D eigenvalue weighted by Gasteiger charge is 2.21. The summed E-state index contributed by atoms with van der Waals surface area (Å²) in [7, 11) is 0. The predicted octanol–water partition coefficient (Wildman–Crippen LogP) is 2.81. The van der Waals surface area contributed by atoms with E-state index in [-0.39, 0.29) is 12.5 Å². The van der Waals surface area contributed by atoms with Gasteiger partial charge in [0.05, 0.1) is 5.92 Å². The largest absolute Gasteiger partial charge is 0.481 e. The van der Waals surface area contributed by atoms with Crippen LogP contribution in [0.2, 0.25) is 0 Å². The van der Waals surface area contributed by atoms with Crippen molar-refractivity contribution in [1.29, 1.82) is 0 Å². The molecule has 0 heterocycles. The van der Waals surface area contributed by atoms with E-state index in [4.69, 9.17) is 4.74 Å². The maximum absolute atomic E-state index is 12.0. The number of hydrogen-bond acceptors (Lipinski definition) is 3. The molecular weight excluding hydrogens is 306 g/mol. The van der Waals surface area contributed by atoms with E-state index in [1.807, 2.05) is 31.2 Å². The molecule has 1 aromatic carbocycles. The van der Waals surface area contributed by atoms with E-state index in [0.717, 1.165) is 17.5 Å². The zero-order valence-electron chi connectivity index (χ0n) is 15.0. The molecule has 24 heavy (non-hydrogen) atoms. The first-order valence-corrected chi connectivity index (χ1v) is 8.47. The Labute approximate surface area is 144 Å². The number of nitrogens with one attached hydrogen (secondary N) is 1. The summed E-state index contributed by atoms with van der Waals surface area (Å²) in [5, 5.41) is 12.1. The van der Waals surface area contributed by atoms with Crippen LogP contribution in [-0.4, -0.2) is 36.2 Å². The standard InChI is InChI=1S/C19H29NO4/c1-13(2)8-9-24-15(4)18(21)20-12-17(19(22)23)11-16-7-5-6-14(3)10-16/h5-7,10,13,15,17H,8-9,11-12H2,1-4H3,(H,20,21)(H,22,23). The summed E-state index contributed by atoms with van der Waals surface area (Å²) in [6.45, 7) is 8.47. The zero-order valence-corrected chi connectivity index (χ0v) is 15.0. The maximum Gasteiger partial charge on any atom is 0.308 e. The third kappa shape index (κ3) is 7.59. The number of carbonyl (C=O) groups is 2. The molecule has 2 unspecified atom stereocenters. The number of carboxylic acid groups (broad SMARTS) is 1. The van der Waals surface area contributed by atoms with E-state index in [1.54, 1.807) is 6.92 Å². The van der Waals surface area contributed by atoms with Gasteiger partial charge in [-0.2, -0.15) is 0 Å². The van der Waals surface area contributed by atoms with Gasteiger partial charge in [-0.05, 0) is 38.2 Å². The molecule has 5 heteroatoms. The number of rotatable bonds is 10. The van der Waals surface area contributed by atoms with Crippen molar-refractivity contribution in [1.82, 2.24) is 5.32 Å². The Morgan fingerprint density at radius 1 is 1.25 bits per heavy atom. The van der Waals surface area contributed by atoms with Crippen LogP contribution < -0.4 is 5.32 Å². The number of hydrogen-bond donors (Lipinski definition) is 2. The normalized spacial score (nSPS) is 13.5. The SMILES string of the molecule is Cc1cccc(CC(CNC(=O)C(C)OCCC(C)C)C(=O)O)c1. The molecule has 2 atom stereocenters. The van der Waals surface area contributed by atoms with Gasteiger partial charge >= 0.3 is 5.97 Å². The summed E-state index contributed by atoms with van der Waals surface area (Å²) < 4.78 is 5.48. The first kappa shape index (κ1) is 20.2. The van der Waals surface area contributed by atoms with E-state index in [0.29, 0.717) is 18.9 Å². The Morgan fingerprint density at radius 2 is 1.96 bits per heavy atom. The van der Waals surface area contributed by atoms with Crippen molar-refractivity contribution in [3.8, 4) is 0 Å². The van der Waals surface area contributed by atoms with Gasteiger partial charge in [0.15, 0.2) is 0 Å². The van der Waals surface area contributed by atoms with Crippen LogP contribution in [0.1, 0.15) is 38.3 Å². The molecule has 0 aliphatic rings. The van der Waals surface area contributed by atoms with E-state index < -0.39 is 18.0 Å². The summed E-state index contributed by atoms with van der Waals surface area (Å²) in [6, 6.07) is 7.75. The van der Waals surface area contributed by atoms with Crippen molar-refractivity contribution < 1.29 is 19.4 Å². The second-order valence-electron chi connectivity index (χ2n) is 6.67. The van der Waals surface area contributed by atoms with Gasteiger partial charge in [-0.3, -0.25) is 9.59 Å². The summed E-state index contributed by atoms with van der Waals surface area (Å²) in [5.74, 6) is -1.32. The number of ether oxygens (including phenoxy) is 1. The molecule has 0 fully saturated rings. The lowest BCUT2D eigenvalue weighted by Gasteiger charge is -2.17. The van der Waals surface area contributed by atoms with Crippen LogP contribution >= 0.6 is 0 Å². The number of carboxylic acids is 1. The first-order chi connectivity index (χ1) is 11.3. The minimum absolute atomic E-state index is 0.0972. The number of benzene rings is 1. The van der Waals surface area contributed by atoms with Crippen molar-refractivity contribution in [2.45, 2.75) is 46.6 Å². The molecule has 0 aliphatic heterocycles. The van der Waals surface area contributed by atoms with Gasteiger partial charge in [0.2, 0.25) is 5.91 Å². The van der Waals surface area contributed by atoms with Crippen molar-refractivity contribution >= 4 is 11.9 Å². The van der Waals surface area contributed by atoms with Gasteiger partial charge in [-0.15, -0.1) is 0 Å². The first-order valence-electron chi connectivity index (χ1n) is 8.47. The van der Waals surface area contributed by atoms with E-state index in [2.05, 4.69) is 19.2 Å². The molecule has 2 N–H and O–H groups in total. The van der Waals surface area contributed by atoms with Crippen molar-refractivity contribution in [2.24, 2.45) is 11.8 Å². The van der Waals surface area contributed by atoms with Gasteiger partial charge in [0.1, 0.15) is 6.10 Å². The second kappa shape index (κ2) is 10.1. The van der Waals surface area contributed by atoms with Crippen molar-refractivity contribution in [2.75, 3.05) is 13.2 Å². The lowest BCUT2D eigenvalue weighted by atomic mass is 9.98. The Balaban J connectivity index is 2.48. The molecule has 0 radical (unpaired) electrons. The van der Waals surface area contributed by atoms with E-state index in [1.165, 1.54) is 0 Å². The average molecular weight is 335 g/mol. The summed E-state index contributed by atoms with van der Waals surface area (Å²) in [5.41, 5.74) is 2.05. The molecule has 1 rings (SSSR count). The molecule has 0 aromatic heterocycles. The lowest BCUT2D eigenvalue weighted by molar-refractivity contribution is -0.142. The van der Waals surface area contributed by atoms with E-state index >= 15 is 0 Å². The fourth-order valence-corrected chi connectivity index (χ4v) is 2.29. The molecular formula is C19H29NO4. The lowest BCUT2D eigenvalue weighted by Crippen LogP contribution is -2.40. The van der Waals surface area contributed by atoms with Crippen LogP contribution in [0, 0.1) is 18.8 Å². The van der Waals surface area contributed by atoms with Gasteiger partial charge < -0.3 is 15.2 Å². The molecule has 1 aromatic rings. The Kier molecular flexibility index (Phi) is 8.47. The third-order valence-corrected chi connectivity index (χ3v) is 3.87. The molecule has 5 nitrogen and oxygen atoms in total. The average Bonchev–Trinajstić information content (AvgIpc) is 2.50. The minimum atomic E-state index is -0.912. The van der Waals surface area contributed by atoms with Crippen LogP contribution in [0.4, 0.5) is 0 Å². The maximum atomic E-state index is 12.0. The summed E-state index contributed by atoms with van der Waals surface area (Å²) in [6.07, 6.45) is 0.708. The second-order valence-corrected chi connectivity index (χ2v) is 6.67. The molecule has 0 aliphatic carbocycles. The molecule has 0 saturated carbocycles. The van der Waals surface area contributed by atoms with Gasteiger partial charge in [0.25, 0.3) is 0 Å². The number of carbonyl (C=O) groups excluding carboxylic acids is 1. The highest BCUT2D eigenvalue weighted by Crippen LogP contribution is 2.11. The van der Waals surface area contributed by atoms with Gasteiger partial charge in [-0.1, -0.05) is 43.7 Å². The highest BCUT2D eigenvalue weighted by atomic mass is 16.5. The zero-order chi connectivity index (χ0) is 18.1. The minimum Gasteiger partial charge on any atom is -0.481 e. The monoisotopic (exact) mass is 335 g/mol. The van der Waals surface area contributed by atoms with Crippen LogP contribution in [0.3, 0.4) is 0 Å². The number of aryl methyl sites for hydroxylation is 1. The van der Waals surface area contributed by atoms with Crippen LogP contribution in [0.5, 0.6) is 0 Å². The third-order valence-electron chi connectivity index (χ3n) is 3.87. The molecule has 0 saturated heterocycles. The quantitative estimate of drug-likeness (QED) is 0.689. The van der Waals surface area contributed by atoms with Gasteiger partial charge in [-0.25, -0.2) is 0 Å². The number of aliphatic carboxylic acids is 1. The Morgan fingerprint density at radius 3 is 2.54 bits per heavy atom. The summed E-state index contributed by atoms with van der Waals surface area (Å²) in [4.78, 5) is 23.5. The van der Waals surface area contributed by atoms with Gasteiger partial charge in [0, 0.05) is 13.2 Å². The van der Waals surface area contributed by atoms with E-state index in [9.17, 15) is 14.7 Å². The number of amides is 1. The van der Waals surface area contributed by atoms with Crippen LogP contribution in [0.25, 0.3) is 0 Å². The Bertz CT molecular complexity index is 542. The van der Waals surface area contributed by atoms with Crippen molar-refractivity contribution in [3.05, 3.63) is 35.4 Å². The predicted molar refractivity (Wildman–Crippen MR) is 93.9 cm³/mol. The topological polar surface area (TPSA) is 75.6 Å².